The molecule has 0 aliphatic carbocycles. The Bertz CT molecular complexity index is 646. The second-order valence-corrected chi connectivity index (χ2v) is 4.45. The van der Waals surface area contributed by atoms with Gasteiger partial charge in [0.15, 0.2) is 0 Å². The van der Waals surface area contributed by atoms with Crippen LogP contribution in [0.1, 0.15) is 15.9 Å². The average molecular weight is 288 g/mol. The van der Waals surface area contributed by atoms with Crippen molar-refractivity contribution in [1.29, 1.82) is 0 Å². The first-order valence-electron chi connectivity index (χ1n) is 6.24. The highest BCUT2D eigenvalue weighted by Gasteiger charge is 2.21. The standard InChI is InChI=1S/C15H13FN2O3/c16-12-7-11(8-17-9-12)14(19)18-13(15(20)21)6-10-4-2-1-3-5-10/h1-5,7-9,13H,6H2,(H,18,19)(H,20,21). The van der Waals surface area contributed by atoms with Crippen LogP contribution >= 0.6 is 0 Å². The van der Waals surface area contributed by atoms with Gasteiger partial charge in [-0.3, -0.25) is 9.78 Å². The Kier molecular flexibility index (Phi) is 4.61. The van der Waals surface area contributed by atoms with Crippen molar-refractivity contribution in [2.24, 2.45) is 0 Å². The highest BCUT2D eigenvalue weighted by Crippen LogP contribution is 2.06. The molecule has 1 aromatic carbocycles. The molecule has 0 fully saturated rings. The zero-order chi connectivity index (χ0) is 15.2. The van der Waals surface area contributed by atoms with E-state index in [1.165, 1.54) is 6.20 Å². The van der Waals surface area contributed by atoms with E-state index in [4.69, 9.17) is 0 Å². The summed E-state index contributed by atoms with van der Waals surface area (Å²) in [6.07, 6.45) is 2.29. The number of benzene rings is 1. The summed E-state index contributed by atoms with van der Waals surface area (Å²) >= 11 is 0. The number of carbonyl (C=O) groups excluding carboxylic acids is 1. The summed E-state index contributed by atoms with van der Waals surface area (Å²) < 4.78 is 13.0. The number of nitrogens with zero attached hydrogens (tertiary/aromatic N) is 1. The van der Waals surface area contributed by atoms with Gasteiger partial charge in [0.1, 0.15) is 11.9 Å². The third-order valence-electron chi connectivity index (χ3n) is 2.85. The smallest absolute Gasteiger partial charge is 0.326 e. The fraction of sp³-hybridized carbons (Fsp3) is 0.133. The molecule has 1 atom stereocenters. The number of aromatic nitrogens is 1. The van der Waals surface area contributed by atoms with Gasteiger partial charge >= 0.3 is 5.97 Å². The van der Waals surface area contributed by atoms with Crippen LogP contribution in [0.4, 0.5) is 4.39 Å². The summed E-state index contributed by atoms with van der Waals surface area (Å²) in [6, 6.07) is 8.83. The van der Waals surface area contributed by atoms with Gasteiger partial charge in [0, 0.05) is 12.6 Å². The van der Waals surface area contributed by atoms with Crippen molar-refractivity contribution in [1.82, 2.24) is 10.3 Å². The highest BCUT2D eigenvalue weighted by molar-refractivity contribution is 5.96. The molecule has 2 rings (SSSR count). The molecule has 2 N–H and O–H groups in total. The molecule has 6 heteroatoms. The van der Waals surface area contributed by atoms with Gasteiger partial charge in [0.2, 0.25) is 0 Å². The Balaban J connectivity index is 2.10. The molecule has 0 spiro atoms. The lowest BCUT2D eigenvalue weighted by Gasteiger charge is -2.14. The predicted molar refractivity (Wildman–Crippen MR) is 73.2 cm³/mol. The van der Waals surface area contributed by atoms with E-state index in [0.29, 0.717) is 0 Å². The van der Waals surface area contributed by atoms with Gasteiger partial charge in [-0.1, -0.05) is 30.3 Å². The number of pyridine rings is 1. The predicted octanol–water partition coefficient (Wildman–Crippen LogP) is 1.65. The summed E-state index contributed by atoms with van der Waals surface area (Å²) in [5.41, 5.74) is 0.761. The van der Waals surface area contributed by atoms with E-state index >= 15 is 0 Å². The lowest BCUT2D eigenvalue weighted by Crippen LogP contribution is -2.42. The molecule has 108 valence electrons. The lowest BCUT2D eigenvalue weighted by molar-refractivity contribution is -0.139. The first kappa shape index (κ1) is 14.6. The van der Waals surface area contributed by atoms with Crippen molar-refractivity contribution in [2.45, 2.75) is 12.5 Å². The highest BCUT2D eigenvalue weighted by atomic mass is 19.1. The first-order chi connectivity index (χ1) is 10.1. The fourth-order valence-electron chi connectivity index (χ4n) is 1.83. The molecule has 5 nitrogen and oxygen atoms in total. The van der Waals surface area contributed by atoms with Gasteiger partial charge in [0.05, 0.1) is 11.8 Å². The van der Waals surface area contributed by atoms with Crippen LogP contribution in [-0.2, 0) is 11.2 Å². The molecule has 1 heterocycles. The fourth-order valence-corrected chi connectivity index (χ4v) is 1.83. The molecule has 1 amide bonds. The Morgan fingerprint density at radius 2 is 1.95 bits per heavy atom. The zero-order valence-corrected chi connectivity index (χ0v) is 11.0. The van der Waals surface area contributed by atoms with Gasteiger partial charge in [-0.05, 0) is 11.6 Å². The number of amides is 1. The van der Waals surface area contributed by atoms with E-state index < -0.39 is 23.7 Å². The quantitative estimate of drug-likeness (QED) is 0.876. The topological polar surface area (TPSA) is 79.3 Å². The number of nitrogens with one attached hydrogen (secondary N) is 1. The van der Waals surface area contributed by atoms with Crippen LogP contribution in [0.2, 0.25) is 0 Å². The molecule has 2 aromatic rings. The Hall–Kier alpha value is -2.76. The normalized spacial score (nSPS) is 11.7. The minimum absolute atomic E-state index is 0.0192. The number of rotatable bonds is 5. The number of halogens is 1. The maximum Gasteiger partial charge on any atom is 0.326 e. The largest absolute Gasteiger partial charge is 0.480 e. The number of aliphatic carboxylic acids is 1. The van der Waals surface area contributed by atoms with Gasteiger partial charge in [-0.15, -0.1) is 0 Å². The van der Waals surface area contributed by atoms with Crippen molar-refractivity contribution < 1.29 is 19.1 Å². The van der Waals surface area contributed by atoms with Crippen molar-refractivity contribution in [3.63, 3.8) is 0 Å². The molecule has 0 aliphatic heterocycles. The lowest BCUT2D eigenvalue weighted by atomic mass is 10.1. The summed E-state index contributed by atoms with van der Waals surface area (Å²) in [4.78, 5) is 26.7. The van der Waals surface area contributed by atoms with E-state index in [9.17, 15) is 19.1 Å². The van der Waals surface area contributed by atoms with Crippen molar-refractivity contribution in [3.05, 3.63) is 65.7 Å². The van der Waals surface area contributed by atoms with Crippen molar-refractivity contribution in [3.8, 4) is 0 Å². The van der Waals surface area contributed by atoms with Gasteiger partial charge < -0.3 is 10.4 Å². The number of carboxylic acid groups (broad SMARTS) is 1. The monoisotopic (exact) mass is 288 g/mol. The van der Waals surface area contributed by atoms with Crippen LogP contribution in [0.15, 0.2) is 48.8 Å². The molecule has 0 aliphatic rings. The minimum atomic E-state index is -1.16. The molecule has 0 saturated carbocycles. The van der Waals surface area contributed by atoms with E-state index in [1.54, 1.807) is 24.3 Å². The first-order valence-corrected chi connectivity index (χ1v) is 6.24. The maximum absolute atomic E-state index is 13.0. The number of carbonyl (C=O) groups is 2. The Morgan fingerprint density at radius 1 is 1.24 bits per heavy atom. The van der Waals surface area contributed by atoms with Crippen LogP contribution in [-0.4, -0.2) is 28.0 Å². The summed E-state index contributed by atoms with van der Waals surface area (Å²) in [7, 11) is 0. The third kappa shape index (κ3) is 4.10. The zero-order valence-electron chi connectivity index (χ0n) is 11.0. The number of hydrogen-bond acceptors (Lipinski definition) is 3. The van der Waals surface area contributed by atoms with Crippen LogP contribution in [0.5, 0.6) is 0 Å². The molecule has 21 heavy (non-hydrogen) atoms. The van der Waals surface area contributed by atoms with Crippen LogP contribution in [0.3, 0.4) is 0 Å². The third-order valence-corrected chi connectivity index (χ3v) is 2.85. The van der Waals surface area contributed by atoms with Crippen molar-refractivity contribution in [2.75, 3.05) is 0 Å². The molecular weight excluding hydrogens is 275 g/mol. The van der Waals surface area contributed by atoms with E-state index in [1.807, 2.05) is 6.07 Å². The SMILES string of the molecule is O=C(NC(Cc1ccccc1)C(=O)O)c1cncc(F)c1. The summed E-state index contributed by atoms with van der Waals surface area (Å²) in [5, 5.41) is 11.5. The van der Waals surface area contributed by atoms with Crippen LogP contribution in [0.25, 0.3) is 0 Å². The minimum Gasteiger partial charge on any atom is -0.480 e. The molecular formula is C15H13FN2O3. The Morgan fingerprint density at radius 3 is 2.57 bits per heavy atom. The molecule has 0 bridgehead atoms. The van der Waals surface area contributed by atoms with Crippen LogP contribution in [0, 0.1) is 5.82 Å². The molecule has 0 radical (unpaired) electrons. The summed E-state index contributed by atoms with van der Waals surface area (Å²) in [6.45, 7) is 0. The van der Waals surface area contributed by atoms with Crippen molar-refractivity contribution >= 4 is 11.9 Å². The molecule has 1 unspecified atom stereocenters. The van der Waals surface area contributed by atoms with E-state index in [-0.39, 0.29) is 12.0 Å². The number of carboxylic acids is 1. The molecule has 1 aromatic heterocycles. The second kappa shape index (κ2) is 6.60. The van der Waals surface area contributed by atoms with E-state index in [0.717, 1.165) is 17.8 Å². The Labute approximate surface area is 120 Å². The van der Waals surface area contributed by atoms with Crippen LogP contribution < -0.4 is 5.32 Å². The van der Waals surface area contributed by atoms with E-state index in [2.05, 4.69) is 10.3 Å². The molecule has 0 saturated heterocycles. The average Bonchev–Trinajstić information content (AvgIpc) is 2.47. The second-order valence-electron chi connectivity index (χ2n) is 4.45. The summed E-state index contributed by atoms with van der Waals surface area (Å²) in [5.74, 6) is -2.49. The van der Waals surface area contributed by atoms with Gasteiger partial charge in [0.25, 0.3) is 5.91 Å². The maximum atomic E-state index is 13.0. The van der Waals surface area contributed by atoms with Gasteiger partial charge in [-0.25, -0.2) is 9.18 Å². The number of hydrogen-bond donors (Lipinski definition) is 2. The van der Waals surface area contributed by atoms with Gasteiger partial charge in [-0.2, -0.15) is 0 Å².